The van der Waals surface area contributed by atoms with Gasteiger partial charge in [-0.05, 0) is 18.4 Å². The second-order valence-electron chi connectivity index (χ2n) is 3.51. The first-order valence-corrected chi connectivity index (χ1v) is 6.70. The predicted molar refractivity (Wildman–Crippen MR) is 67.6 cm³/mol. The zero-order valence-electron chi connectivity index (χ0n) is 10.5. The van der Waals surface area contributed by atoms with E-state index >= 15 is 0 Å². The van der Waals surface area contributed by atoms with Gasteiger partial charge in [0, 0.05) is 13.6 Å². The van der Waals surface area contributed by atoms with Crippen LogP contribution in [-0.2, 0) is 14.3 Å². The third kappa shape index (κ3) is 8.82. The van der Waals surface area contributed by atoms with E-state index in [-0.39, 0.29) is 0 Å². The lowest BCUT2D eigenvalue weighted by atomic mass is 10.4. The van der Waals surface area contributed by atoms with Gasteiger partial charge in [0.15, 0.2) is 0 Å². The fourth-order valence-electron chi connectivity index (χ4n) is 1.03. The standard InChI is InChI=1S/C10H18N2O5S/c1-12(4-3-5-18-2)10(16)11-8(13)6-17-7-9(14)15/h3-7H2,1-2H3,(H,14,15)(H,11,13,16). The lowest BCUT2D eigenvalue weighted by Gasteiger charge is -2.16. The van der Waals surface area contributed by atoms with Gasteiger partial charge < -0.3 is 14.7 Å². The molecule has 0 aromatic rings. The molecule has 0 bridgehead atoms. The van der Waals surface area contributed by atoms with E-state index in [4.69, 9.17) is 5.11 Å². The first kappa shape index (κ1) is 16.7. The summed E-state index contributed by atoms with van der Waals surface area (Å²) in [5.41, 5.74) is 0. The Morgan fingerprint density at radius 3 is 2.56 bits per heavy atom. The molecule has 0 fully saturated rings. The lowest BCUT2D eigenvalue weighted by Crippen LogP contribution is -2.42. The van der Waals surface area contributed by atoms with Crippen LogP contribution in [0.15, 0.2) is 0 Å². The van der Waals surface area contributed by atoms with Crippen molar-refractivity contribution in [2.75, 3.05) is 38.8 Å². The zero-order valence-corrected chi connectivity index (χ0v) is 11.3. The number of nitrogens with one attached hydrogen (secondary N) is 1. The molecule has 0 spiro atoms. The van der Waals surface area contributed by atoms with Crippen LogP contribution in [0.2, 0.25) is 0 Å². The number of aliphatic carboxylic acids is 1. The Bertz CT molecular complexity index is 298. The van der Waals surface area contributed by atoms with Crippen molar-refractivity contribution in [3.8, 4) is 0 Å². The summed E-state index contributed by atoms with van der Waals surface area (Å²) in [6.07, 6.45) is 2.82. The van der Waals surface area contributed by atoms with Gasteiger partial charge in [-0.3, -0.25) is 10.1 Å². The molecule has 0 atom stereocenters. The third-order valence-corrected chi connectivity index (χ3v) is 2.59. The molecule has 0 aliphatic heterocycles. The van der Waals surface area contributed by atoms with Crippen LogP contribution in [0.3, 0.4) is 0 Å². The number of nitrogens with zero attached hydrogens (tertiary/aromatic N) is 1. The largest absolute Gasteiger partial charge is 0.480 e. The number of carboxylic acid groups (broad SMARTS) is 1. The van der Waals surface area contributed by atoms with Crippen LogP contribution in [0.25, 0.3) is 0 Å². The summed E-state index contributed by atoms with van der Waals surface area (Å²) in [4.78, 5) is 34.2. The van der Waals surface area contributed by atoms with E-state index in [0.29, 0.717) is 6.54 Å². The van der Waals surface area contributed by atoms with Gasteiger partial charge in [-0.15, -0.1) is 0 Å². The summed E-state index contributed by atoms with van der Waals surface area (Å²) in [5, 5.41) is 10.4. The van der Waals surface area contributed by atoms with Crippen molar-refractivity contribution >= 4 is 29.7 Å². The molecule has 2 N–H and O–H groups in total. The average molecular weight is 278 g/mol. The van der Waals surface area contributed by atoms with Gasteiger partial charge in [0.25, 0.3) is 5.91 Å². The van der Waals surface area contributed by atoms with E-state index in [2.05, 4.69) is 10.1 Å². The van der Waals surface area contributed by atoms with Crippen molar-refractivity contribution in [3.63, 3.8) is 0 Å². The van der Waals surface area contributed by atoms with Gasteiger partial charge in [0.05, 0.1) is 0 Å². The fraction of sp³-hybridized carbons (Fsp3) is 0.700. The molecule has 0 rings (SSSR count). The Kier molecular flexibility index (Phi) is 9.03. The van der Waals surface area contributed by atoms with E-state index in [9.17, 15) is 14.4 Å². The number of hydrogen-bond acceptors (Lipinski definition) is 5. The molecule has 0 radical (unpaired) electrons. The van der Waals surface area contributed by atoms with Crippen molar-refractivity contribution in [3.05, 3.63) is 0 Å². The molecule has 0 unspecified atom stereocenters. The number of urea groups is 1. The Labute approximate surface area is 110 Å². The van der Waals surface area contributed by atoms with Crippen LogP contribution in [0.1, 0.15) is 6.42 Å². The topological polar surface area (TPSA) is 95.9 Å². The van der Waals surface area contributed by atoms with Gasteiger partial charge in [-0.2, -0.15) is 11.8 Å². The average Bonchev–Trinajstić information content (AvgIpc) is 2.28. The van der Waals surface area contributed by atoms with Crippen molar-refractivity contribution in [2.24, 2.45) is 0 Å². The van der Waals surface area contributed by atoms with Crippen LogP contribution in [0, 0.1) is 0 Å². The maximum Gasteiger partial charge on any atom is 0.329 e. The van der Waals surface area contributed by atoms with Crippen molar-refractivity contribution in [1.82, 2.24) is 10.2 Å². The number of rotatable bonds is 8. The molecule has 0 aliphatic carbocycles. The maximum atomic E-state index is 11.5. The summed E-state index contributed by atoms with van der Waals surface area (Å²) >= 11 is 1.68. The van der Waals surface area contributed by atoms with Gasteiger partial charge in [-0.25, -0.2) is 9.59 Å². The molecular formula is C10H18N2O5S. The predicted octanol–water partition coefficient (Wildman–Crippen LogP) is 0.00870. The van der Waals surface area contributed by atoms with E-state index < -0.39 is 31.1 Å². The highest BCUT2D eigenvalue weighted by Gasteiger charge is 2.12. The second kappa shape index (κ2) is 9.72. The van der Waals surface area contributed by atoms with E-state index in [1.54, 1.807) is 18.8 Å². The fourth-order valence-corrected chi connectivity index (χ4v) is 1.45. The van der Waals surface area contributed by atoms with Crippen molar-refractivity contribution in [1.29, 1.82) is 0 Å². The molecule has 0 saturated carbocycles. The second-order valence-corrected chi connectivity index (χ2v) is 4.49. The van der Waals surface area contributed by atoms with Crippen LogP contribution >= 0.6 is 11.8 Å². The SMILES string of the molecule is CSCCCN(C)C(=O)NC(=O)COCC(=O)O. The molecule has 0 aromatic carbocycles. The number of amides is 3. The van der Waals surface area contributed by atoms with Crippen molar-refractivity contribution in [2.45, 2.75) is 6.42 Å². The number of carbonyl (C=O) groups excluding carboxylic acids is 2. The van der Waals surface area contributed by atoms with E-state index in [1.807, 2.05) is 6.26 Å². The zero-order chi connectivity index (χ0) is 14.0. The molecule has 0 aromatic heterocycles. The number of thioether (sulfide) groups is 1. The number of carbonyl (C=O) groups is 3. The van der Waals surface area contributed by atoms with Gasteiger partial charge in [-0.1, -0.05) is 0 Å². The molecule has 18 heavy (non-hydrogen) atoms. The van der Waals surface area contributed by atoms with Crippen LogP contribution in [0.5, 0.6) is 0 Å². The highest BCUT2D eigenvalue weighted by molar-refractivity contribution is 7.98. The smallest absolute Gasteiger partial charge is 0.329 e. The van der Waals surface area contributed by atoms with E-state index in [1.165, 1.54) is 4.90 Å². The van der Waals surface area contributed by atoms with E-state index in [0.717, 1.165) is 12.2 Å². The Hall–Kier alpha value is -1.28. The summed E-state index contributed by atoms with van der Waals surface area (Å²) in [6, 6.07) is -0.514. The summed E-state index contributed by atoms with van der Waals surface area (Å²) < 4.78 is 4.55. The maximum absolute atomic E-state index is 11.5. The quantitative estimate of drug-likeness (QED) is 0.607. The molecule has 0 aliphatic rings. The molecular weight excluding hydrogens is 260 g/mol. The van der Waals surface area contributed by atoms with Crippen LogP contribution in [0.4, 0.5) is 4.79 Å². The lowest BCUT2D eigenvalue weighted by molar-refractivity contribution is -0.143. The summed E-state index contributed by atoms with van der Waals surface area (Å²) in [6.45, 7) is -0.461. The third-order valence-electron chi connectivity index (χ3n) is 1.89. The molecule has 3 amide bonds. The molecule has 0 heterocycles. The van der Waals surface area contributed by atoms with Crippen molar-refractivity contribution < 1.29 is 24.2 Å². The number of ether oxygens (including phenoxy) is 1. The van der Waals surface area contributed by atoms with Gasteiger partial charge >= 0.3 is 12.0 Å². The Balaban J connectivity index is 3.77. The molecule has 7 nitrogen and oxygen atoms in total. The molecule has 8 heteroatoms. The highest BCUT2D eigenvalue weighted by Crippen LogP contribution is 1.97. The monoisotopic (exact) mass is 278 g/mol. The summed E-state index contributed by atoms with van der Waals surface area (Å²) in [5.74, 6) is -0.880. The number of hydrogen-bond donors (Lipinski definition) is 2. The minimum Gasteiger partial charge on any atom is -0.480 e. The van der Waals surface area contributed by atoms with Crippen LogP contribution < -0.4 is 5.32 Å². The molecule has 104 valence electrons. The van der Waals surface area contributed by atoms with Crippen LogP contribution in [-0.4, -0.2) is 66.7 Å². The number of imide groups is 1. The number of carboxylic acids is 1. The minimum absolute atomic E-state index is 0.448. The highest BCUT2D eigenvalue weighted by atomic mass is 32.2. The first-order chi connectivity index (χ1) is 8.47. The minimum atomic E-state index is -1.16. The Morgan fingerprint density at radius 2 is 2.00 bits per heavy atom. The van der Waals surface area contributed by atoms with Gasteiger partial charge in [0.1, 0.15) is 13.2 Å². The summed E-state index contributed by atoms with van der Waals surface area (Å²) in [7, 11) is 1.58. The van der Waals surface area contributed by atoms with Gasteiger partial charge in [0.2, 0.25) is 0 Å². The Morgan fingerprint density at radius 1 is 1.33 bits per heavy atom. The normalized spacial score (nSPS) is 9.89. The molecule has 0 saturated heterocycles. The first-order valence-electron chi connectivity index (χ1n) is 5.30.